The second-order valence-electron chi connectivity index (χ2n) is 15.2. The quantitative estimate of drug-likeness (QED) is 0.240. The molecular formula is C42H55N5O7. The van der Waals surface area contributed by atoms with Crippen LogP contribution in [0.2, 0.25) is 0 Å². The molecule has 54 heavy (non-hydrogen) atoms. The van der Waals surface area contributed by atoms with Crippen molar-refractivity contribution in [3.8, 4) is 12.3 Å². The Hall–Kier alpha value is -5.18. The molecule has 0 saturated carbocycles. The number of benzene rings is 2. The highest BCUT2D eigenvalue weighted by Gasteiger charge is 2.45. The first kappa shape index (κ1) is 41.6. The minimum atomic E-state index is -1.33. The summed E-state index contributed by atoms with van der Waals surface area (Å²) in [5.74, 6) is -0.977. The van der Waals surface area contributed by atoms with Gasteiger partial charge in [-0.15, -0.1) is 12.3 Å². The van der Waals surface area contributed by atoms with Crippen LogP contribution in [-0.4, -0.2) is 108 Å². The van der Waals surface area contributed by atoms with Crippen LogP contribution in [0.1, 0.15) is 70.9 Å². The zero-order valence-electron chi connectivity index (χ0n) is 32.4. The van der Waals surface area contributed by atoms with Crippen molar-refractivity contribution in [3.05, 3.63) is 71.8 Å². The second-order valence-corrected chi connectivity index (χ2v) is 15.2. The molecule has 12 heteroatoms. The first-order valence-corrected chi connectivity index (χ1v) is 18.8. The standard InChI is InChI=1S/C42H55N5O7/c1-8-9-12-23-34-42(4,5)41(53)44-36(28(2)3)40(52)46(7)33(26-30-20-15-11-16-21-30)39(51)47-24-17-22-31(47)38(50)45(6)32(25-29-18-13-10-14-19-29)37(49)43-27-35(48)54-34/h1,10-11,13-16,18-21,28,31-34,36H,9,12,17,22-27H2,2-7H3,(H,43,49)(H,44,53)/t31-,32-,33-,34-,36-/m0/s1. The van der Waals surface area contributed by atoms with E-state index in [-0.39, 0.29) is 31.7 Å². The number of nitrogens with zero attached hydrogens (tertiary/aromatic N) is 3. The number of hydrogen-bond donors (Lipinski definition) is 2. The summed E-state index contributed by atoms with van der Waals surface area (Å²) in [6.07, 6.45) is 6.89. The zero-order valence-corrected chi connectivity index (χ0v) is 32.4. The highest BCUT2D eigenvalue weighted by Crippen LogP contribution is 2.30. The van der Waals surface area contributed by atoms with E-state index in [4.69, 9.17) is 11.2 Å². The fraction of sp³-hybridized carbons (Fsp3) is 0.524. The van der Waals surface area contributed by atoms with Gasteiger partial charge in [-0.1, -0.05) is 74.5 Å². The van der Waals surface area contributed by atoms with Crippen LogP contribution >= 0.6 is 0 Å². The van der Waals surface area contributed by atoms with Gasteiger partial charge in [-0.3, -0.25) is 28.8 Å². The molecule has 0 aliphatic carbocycles. The summed E-state index contributed by atoms with van der Waals surface area (Å²) in [5.41, 5.74) is 0.283. The smallest absolute Gasteiger partial charge is 0.325 e. The molecular weight excluding hydrogens is 686 g/mol. The number of fused-ring (bicyclic) bond motifs is 1. The molecule has 290 valence electrons. The van der Waals surface area contributed by atoms with Crippen molar-refractivity contribution in [2.45, 2.75) is 103 Å². The van der Waals surface area contributed by atoms with Gasteiger partial charge in [0.15, 0.2) is 0 Å². The normalized spacial score (nSPS) is 24.9. The van der Waals surface area contributed by atoms with Crippen LogP contribution in [-0.2, 0) is 46.3 Å². The summed E-state index contributed by atoms with van der Waals surface area (Å²) in [5, 5.41) is 5.57. The molecule has 2 aliphatic heterocycles. The van der Waals surface area contributed by atoms with Gasteiger partial charge in [0.25, 0.3) is 0 Å². The third-order valence-corrected chi connectivity index (χ3v) is 10.7. The van der Waals surface area contributed by atoms with Crippen molar-refractivity contribution >= 4 is 35.5 Å². The molecule has 2 aromatic carbocycles. The third-order valence-electron chi connectivity index (χ3n) is 10.7. The van der Waals surface area contributed by atoms with Crippen LogP contribution in [0.4, 0.5) is 0 Å². The van der Waals surface area contributed by atoms with Crippen LogP contribution in [0.5, 0.6) is 0 Å². The van der Waals surface area contributed by atoms with E-state index >= 15 is 0 Å². The Kier molecular flexibility index (Phi) is 14.4. The molecule has 0 unspecified atom stereocenters. The monoisotopic (exact) mass is 741 g/mol. The van der Waals surface area contributed by atoms with Gasteiger partial charge in [0, 0.05) is 39.9 Å². The van der Waals surface area contributed by atoms with Crippen LogP contribution in [0.3, 0.4) is 0 Å². The summed E-state index contributed by atoms with van der Waals surface area (Å²) in [7, 11) is 3.08. The predicted octanol–water partition coefficient (Wildman–Crippen LogP) is 3.13. The first-order valence-electron chi connectivity index (χ1n) is 18.8. The molecule has 0 spiro atoms. The van der Waals surface area contributed by atoms with Gasteiger partial charge in [0.05, 0.1) is 5.41 Å². The van der Waals surface area contributed by atoms with Crippen LogP contribution < -0.4 is 10.6 Å². The highest BCUT2D eigenvalue weighted by molar-refractivity contribution is 5.97. The molecule has 0 radical (unpaired) electrons. The van der Waals surface area contributed by atoms with Crippen molar-refractivity contribution in [2.24, 2.45) is 11.3 Å². The number of carbonyl (C=O) groups excluding carboxylic acids is 6. The topological polar surface area (TPSA) is 145 Å². The average Bonchev–Trinajstić information content (AvgIpc) is 3.66. The van der Waals surface area contributed by atoms with E-state index in [0.717, 1.165) is 11.1 Å². The van der Waals surface area contributed by atoms with Crippen LogP contribution in [0.15, 0.2) is 60.7 Å². The van der Waals surface area contributed by atoms with E-state index < -0.39 is 77.7 Å². The average molecular weight is 742 g/mol. The number of rotatable bonds is 8. The summed E-state index contributed by atoms with van der Waals surface area (Å²) < 4.78 is 5.89. The second kappa shape index (κ2) is 18.7. The van der Waals surface area contributed by atoms with Crippen molar-refractivity contribution in [2.75, 3.05) is 27.2 Å². The van der Waals surface area contributed by atoms with E-state index in [1.807, 2.05) is 60.7 Å². The molecule has 2 saturated heterocycles. The van der Waals surface area contributed by atoms with Crippen molar-refractivity contribution < 1.29 is 33.5 Å². The van der Waals surface area contributed by atoms with Crippen molar-refractivity contribution in [1.82, 2.24) is 25.3 Å². The number of hydrogen-bond acceptors (Lipinski definition) is 7. The van der Waals surface area contributed by atoms with E-state index in [2.05, 4.69) is 16.6 Å². The molecule has 5 atom stereocenters. The van der Waals surface area contributed by atoms with Gasteiger partial charge in [-0.2, -0.15) is 0 Å². The largest absolute Gasteiger partial charge is 0.460 e. The fourth-order valence-electron chi connectivity index (χ4n) is 7.13. The molecule has 2 fully saturated rings. The van der Waals surface area contributed by atoms with Gasteiger partial charge in [0.2, 0.25) is 29.5 Å². The van der Waals surface area contributed by atoms with E-state index in [9.17, 15) is 28.8 Å². The molecule has 5 amide bonds. The lowest BCUT2D eigenvalue weighted by Crippen LogP contribution is -2.60. The summed E-state index contributed by atoms with van der Waals surface area (Å²) in [4.78, 5) is 89.1. The van der Waals surface area contributed by atoms with Gasteiger partial charge in [-0.25, -0.2) is 0 Å². The van der Waals surface area contributed by atoms with Gasteiger partial charge < -0.3 is 30.1 Å². The van der Waals surface area contributed by atoms with Gasteiger partial charge in [0.1, 0.15) is 36.8 Å². The van der Waals surface area contributed by atoms with Crippen molar-refractivity contribution in [3.63, 3.8) is 0 Å². The Morgan fingerprint density at radius 1 is 0.852 bits per heavy atom. The fourth-order valence-corrected chi connectivity index (χ4v) is 7.13. The van der Waals surface area contributed by atoms with Gasteiger partial charge >= 0.3 is 5.97 Å². The maximum atomic E-state index is 14.7. The lowest BCUT2D eigenvalue weighted by molar-refractivity contribution is -0.160. The predicted molar refractivity (Wildman–Crippen MR) is 204 cm³/mol. The number of amides is 5. The molecule has 12 nitrogen and oxygen atoms in total. The SMILES string of the molecule is C#CCCC[C@@H]1OC(=O)CNC(=O)[C@H](Cc2ccccc2)N(C)C(=O)[C@@H]2CCCN2C(=O)[C@H](Cc2ccccc2)N(C)C(=O)[C@H](C(C)C)NC(=O)C1(C)C. The molecule has 4 rings (SSSR count). The number of esters is 1. The number of likely N-dealkylation sites (N-methyl/N-ethyl adjacent to an activating group) is 2. The number of carbonyl (C=O) groups is 6. The Labute approximate surface area is 319 Å². The molecule has 0 aromatic heterocycles. The lowest BCUT2D eigenvalue weighted by Gasteiger charge is -2.38. The van der Waals surface area contributed by atoms with Gasteiger partial charge in [-0.05, 0) is 56.6 Å². The Morgan fingerprint density at radius 3 is 2.00 bits per heavy atom. The molecule has 0 bridgehead atoms. The first-order chi connectivity index (χ1) is 25.7. The number of unbranched alkanes of at least 4 members (excludes halogenated alkanes) is 1. The third kappa shape index (κ3) is 10.1. The molecule has 2 heterocycles. The Balaban J connectivity index is 1.80. The van der Waals surface area contributed by atoms with E-state index in [0.29, 0.717) is 25.7 Å². The van der Waals surface area contributed by atoms with Crippen LogP contribution in [0.25, 0.3) is 0 Å². The van der Waals surface area contributed by atoms with Crippen molar-refractivity contribution in [1.29, 1.82) is 0 Å². The minimum Gasteiger partial charge on any atom is -0.460 e. The maximum Gasteiger partial charge on any atom is 0.325 e. The molecule has 2 aliphatic rings. The lowest BCUT2D eigenvalue weighted by atomic mass is 9.82. The zero-order chi connectivity index (χ0) is 39.6. The summed E-state index contributed by atoms with van der Waals surface area (Å²) >= 11 is 0. The van der Waals surface area contributed by atoms with Crippen LogP contribution in [0, 0.1) is 23.7 Å². The Bertz CT molecular complexity index is 1690. The maximum absolute atomic E-state index is 14.7. The Morgan fingerprint density at radius 2 is 1.43 bits per heavy atom. The number of nitrogens with one attached hydrogen (secondary N) is 2. The highest BCUT2D eigenvalue weighted by atomic mass is 16.5. The summed E-state index contributed by atoms with van der Waals surface area (Å²) in [6, 6.07) is 14.6. The summed E-state index contributed by atoms with van der Waals surface area (Å²) in [6.45, 7) is 6.65. The number of ether oxygens (including phenoxy) is 1. The molecule has 2 N–H and O–H groups in total. The number of cyclic esters (lactones) is 1. The molecule has 2 aromatic rings. The minimum absolute atomic E-state index is 0.150. The van der Waals surface area contributed by atoms with E-state index in [1.54, 1.807) is 34.7 Å². The number of terminal acetylenes is 1. The van der Waals surface area contributed by atoms with E-state index in [1.165, 1.54) is 21.7 Å².